The van der Waals surface area contributed by atoms with Crippen LogP contribution in [0.5, 0.6) is 0 Å². The molecule has 12 heteroatoms. The Morgan fingerprint density at radius 3 is 1.15 bits per heavy atom. The molecule has 0 aliphatic heterocycles. The van der Waals surface area contributed by atoms with E-state index in [0.29, 0.717) is 20.6 Å². The van der Waals surface area contributed by atoms with E-state index in [-0.39, 0.29) is 35.9 Å². The molecule has 243 valence electrons. The van der Waals surface area contributed by atoms with Gasteiger partial charge < -0.3 is 0 Å². The summed E-state index contributed by atoms with van der Waals surface area (Å²) < 4.78 is 60.2. The van der Waals surface area contributed by atoms with Gasteiger partial charge in [0, 0.05) is 43.8 Å². The molecule has 2 aromatic rings. The maximum Gasteiger partial charge on any atom is 0 e. The fourth-order valence-electron chi connectivity index (χ4n) is 4.36. The first-order chi connectivity index (χ1) is 17.3. The van der Waals surface area contributed by atoms with E-state index in [1.54, 1.807) is 0 Å². The predicted molar refractivity (Wildman–Crippen MR) is 171 cm³/mol. The maximum atomic E-state index is 9.87. The first-order valence-corrected chi connectivity index (χ1v) is 18.8. The fourth-order valence-corrected chi connectivity index (χ4v) is 11.6. The Hall–Kier alpha value is 0.369. The molecule has 0 saturated carbocycles. The van der Waals surface area contributed by atoms with Gasteiger partial charge in [0.1, 0.15) is 0 Å². The number of halogens is 7. The topological polar surface area (TPSA) is 12.9 Å². The van der Waals surface area contributed by atoms with Crippen LogP contribution in [0, 0.1) is 6.07 Å². The van der Waals surface area contributed by atoms with Crippen LogP contribution >= 0.6 is 39.6 Å². The average molecular weight is 889 g/mol. The fraction of sp³-hybridized carbons (Fsp3) is 0.621. The number of hydrogen-bond donors (Lipinski definition) is 0. The Labute approximate surface area is 269 Å². The van der Waals surface area contributed by atoms with E-state index in [1.807, 2.05) is 24.3 Å². The van der Waals surface area contributed by atoms with Crippen LogP contribution in [-0.2, 0) is 32.4 Å². The summed E-state index contributed by atoms with van der Waals surface area (Å²) in [7, 11) is -11.0. The molecule has 0 spiro atoms. The van der Waals surface area contributed by atoms with Crippen LogP contribution in [0.3, 0.4) is 0 Å². The monoisotopic (exact) mass is 888 g/mol. The molecule has 0 bridgehead atoms. The van der Waals surface area contributed by atoms with Gasteiger partial charge in [0.2, 0.25) is 0 Å². The molecule has 2 rings (SSSR count). The minimum absolute atomic E-state index is 0. The van der Waals surface area contributed by atoms with Crippen LogP contribution < -0.4 is 0 Å². The molecular weight excluding hydrogens is 841 g/mol. The first-order valence-electron chi connectivity index (χ1n) is 13.0. The van der Waals surface area contributed by atoms with Crippen molar-refractivity contribution in [3.63, 3.8) is 0 Å². The second-order valence-electron chi connectivity index (χ2n) is 13.6. The van der Waals surface area contributed by atoms with E-state index in [9.17, 15) is 25.2 Å². The van der Waals surface area contributed by atoms with Gasteiger partial charge in [0.25, 0.3) is 0 Å². The van der Waals surface area contributed by atoms with Crippen molar-refractivity contribution in [2.45, 2.75) is 116 Å². The zero-order valence-electron chi connectivity index (χ0n) is 26.2. The Morgan fingerprint density at radius 2 is 0.951 bits per heavy atom. The van der Waals surface area contributed by atoms with Crippen molar-refractivity contribution in [2.75, 3.05) is 0 Å². The number of pyridine rings is 1. The molecule has 0 saturated heterocycles. The van der Waals surface area contributed by atoms with E-state index >= 15 is 0 Å². The Kier molecular flexibility index (Phi) is 15.5. The van der Waals surface area contributed by atoms with Gasteiger partial charge >= 0.3 is 33.0 Å². The van der Waals surface area contributed by atoms with Gasteiger partial charge in [0.05, 0.1) is 0 Å². The van der Waals surface area contributed by atoms with Crippen molar-refractivity contribution < 1.29 is 45.3 Å². The van der Waals surface area contributed by atoms with Crippen LogP contribution in [0.1, 0.15) is 94.5 Å². The van der Waals surface area contributed by atoms with Crippen LogP contribution in [-0.4, -0.2) is 25.6 Å². The molecule has 0 aliphatic carbocycles. The third-order valence-corrected chi connectivity index (χ3v) is 13.7. The van der Waals surface area contributed by atoms with Gasteiger partial charge in [-0.05, 0) is 32.8 Å². The van der Waals surface area contributed by atoms with Crippen LogP contribution in [0.2, 0.25) is 0 Å². The summed E-state index contributed by atoms with van der Waals surface area (Å²) in [5, 5.41) is 1.37. The molecule has 0 aliphatic rings. The van der Waals surface area contributed by atoms with Gasteiger partial charge in [-0.2, -0.15) is 30.3 Å². The predicted octanol–water partition coefficient (Wildman–Crippen LogP) is 13.9. The largest absolute Gasteiger partial charge is 0 e. The number of aromatic nitrogens is 1. The summed E-state index contributed by atoms with van der Waals surface area (Å²) in [6.45, 7) is 28.7. The molecule has 0 N–H and O–H groups in total. The van der Waals surface area contributed by atoms with E-state index in [4.69, 9.17) is 4.98 Å². The zero-order chi connectivity index (χ0) is 32.1. The van der Waals surface area contributed by atoms with Crippen molar-refractivity contribution in [1.82, 2.24) is 4.98 Å². The minimum Gasteiger partial charge on any atom is 0 e. The summed E-state index contributed by atoms with van der Waals surface area (Å²) in [5.41, 5.74) is 2.58. The van der Waals surface area contributed by atoms with Gasteiger partial charge in [-0.15, -0.1) is 0 Å². The van der Waals surface area contributed by atoms with E-state index in [2.05, 4.69) is 123 Å². The normalized spacial score (nSPS) is 14.6. The first kappa shape index (κ1) is 43.5. The molecule has 41 heavy (non-hydrogen) atoms. The van der Waals surface area contributed by atoms with Crippen LogP contribution in [0.4, 0.5) is 25.2 Å². The van der Waals surface area contributed by atoms with Crippen molar-refractivity contribution in [1.29, 1.82) is 0 Å². The summed E-state index contributed by atoms with van der Waals surface area (Å²) in [5.74, 6) is 0. The molecular formula is C29H47BrF6IrNP3-2. The molecule has 0 amide bonds. The van der Waals surface area contributed by atoms with Gasteiger partial charge in [-0.1, -0.05) is 125 Å². The Balaban J connectivity index is 0. The van der Waals surface area contributed by atoms with Gasteiger partial charge in [-0.25, -0.2) is 0 Å². The Morgan fingerprint density at radius 1 is 0.634 bits per heavy atom. The standard InChI is InChI=1S/C23H43NP2.C6H4Br.F6P.Ir/c1-20(2,3)25(21(4,5)6)16-18-14-13-15-19(24-18)17-26(22(7,8)9)23(10,11)12;7-6-4-2-1-3-5-6;1-7(2,3,4,5)6;/h13-15H,16-17H2,1-12H3;1-4H;;/q;2*-1;. The summed E-state index contributed by atoms with van der Waals surface area (Å²) in [6.07, 6.45) is 2.25. The number of rotatable bonds is 4. The van der Waals surface area contributed by atoms with Crippen LogP contribution in [0.15, 0.2) is 46.9 Å². The van der Waals surface area contributed by atoms with Crippen molar-refractivity contribution in [3.8, 4) is 0 Å². The van der Waals surface area contributed by atoms with Crippen LogP contribution in [0.25, 0.3) is 0 Å². The van der Waals surface area contributed by atoms with E-state index in [1.165, 1.54) is 11.4 Å². The average Bonchev–Trinajstić information content (AvgIpc) is 2.66. The molecule has 0 fully saturated rings. The smallest absolute Gasteiger partial charge is 0 e. The van der Waals surface area contributed by atoms with Crippen molar-refractivity contribution in [3.05, 3.63) is 64.4 Å². The minimum atomic E-state index is -10.7. The Bertz CT molecular complexity index is 969. The van der Waals surface area contributed by atoms with E-state index in [0.717, 1.165) is 16.8 Å². The summed E-state index contributed by atoms with van der Waals surface area (Å²) >= 11 is 3.26. The molecule has 0 atom stereocenters. The molecule has 1 aromatic heterocycles. The zero-order valence-corrected chi connectivity index (χ0v) is 32.9. The number of hydrogen-bond acceptors (Lipinski definition) is 1. The third kappa shape index (κ3) is 23.4. The molecule has 1 aromatic carbocycles. The van der Waals surface area contributed by atoms with E-state index < -0.39 is 7.81 Å². The third-order valence-electron chi connectivity index (χ3n) is 5.41. The van der Waals surface area contributed by atoms with Gasteiger partial charge in [0.15, 0.2) is 0 Å². The summed E-state index contributed by atoms with van der Waals surface area (Å²) in [4.78, 5) is 5.14. The van der Waals surface area contributed by atoms with Crippen molar-refractivity contribution >= 4 is 39.6 Å². The maximum absolute atomic E-state index is 10.7. The second-order valence-corrected chi connectivity index (χ2v) is 24.1. The number of benzene rings is 1. The van der Waals surface area contributed by atoms with Crippen molar-refractivity contribution in [2.24, 2.45) is 0 Å². The molecule has 1 nitrogen and oxygen atoms in total. The molecule has 1 radical (unpaired) electrons. The quantitative estimate of drug-likeness (QED) is 0.169. The molecule has 1 heterocycles. The second kappa shape index (κ2) is 14.6. The SMILES string of the molecule is Brc1[c-]cccc1.CC(C)(C)P(Cc1cccc(CP(C(C)(C)C)C(C)(C)C)n1)C(C)(C)C.F[P-](F)(F)(F)(F)F.[Ir]. The number of nitrogens with zero attached hydrogens (tertiary/aromatic N) is 1. The van der Waals surface area contributed by atoms with Gasteiger partial charge in [-0.3, -0.25) is 4.98 Å². The molecule has 0 unspecified atom stereocenters. The summed E-state index contributed by atoms with van der Waals surface area (Å²) in [6, 6.07) is 17.4.